The van der Waals surface area contributed by atoms with Crippen LogP contribution >= 0.6 is 11.3 Å². The fourth-order valence-electron chi connectivity index (χ4n) is 1.62. The van der Waals surface area contributed by atoms with Crippen LogP contribution in [0.5, 0.6) is 0 Å². The van der Waals surface area contributed by atoms with Crippen molar-refractivity contribution in [3.8, 4) is 0 Å². The summed E-state index contributed by atoms with van der Waals surface area (Å²) in [6.45, 7) is 7.14. The van der Waals surface area contributed by atoms with Crippen LogP contribution in [0.1, 0.15) is 18.9 Å². The van der Waals surface area contributed by atoms with Gasteiger partial charge in [0.15, 0.2) is 0 Å². The molecule has 0 radical (unpaired) electrons. The van der Waals surface area contributed by atoms with Crippen LogP contribution in [0.2, 0.25) is 0 Å². The van der Waals surface area contributed by atoms with Crippen molar-refractivity contribution in [1.82, 2.24) is 9.62 Å². The third-order valence-corrected chi connectivity index (χ3v) is 5.74. The van der Waals surface area contributed by atoms with Crippen LogP contribution in [0.4, 0.5) is 0 Å². The van der Waals surface area contributed by atoms with Gasteiger partial charge in [0.25, 0.3) is 10.0 Å². The maximum atomic E-state index is 12.4. The minimum atomic E-state index is -3.37. The van der Waals surface area contributed by atoms with E-state index in [9.17, 15) is 8.42 Å². The molecule has 0 saturated heterocycles. The number of rotatable bonds is 8. The van der Waals surface area contributed by atoms with E-state index in [1.54, 1.807) is 12.1 Å². The molecule has 4 nitrogen and oxygen atoms in total. The second-order valence-electron chi connectivity index (χ2n) is 3.96. The monoisotopic (exact) mass is 288 g/mol. The normalized spacial score (nSPS) is 11.9. The molecule has 0 aliphatic rings. The molecule has 1 aromatic rings. The summed E-state index contributed by atoms with van der Waals surface area (Å²) in [5.41, 5.74) is 0.996. The highest BCUT2D eigenvalue weighted by Gasteiger charge is 2.24. The third kappa shape index (κ3) is 3.65. The first-order valence-corrected chi connectivity index (χ1v) is 8.21. The largest absolute Gasteiger partial charge is 0.316 e. The Bertz CT molecular complexity index is 480. The molecule has 18 heavy (non-hydrogen) atoms. The predicted octanol–water partition coefficient (Wildman–Crippen LogP) is 2.05. The van der Waals surface area contributed by atoms with Crippen molar-refractivity contribution in [3.05, 3.63) is 29.7 Å². The first-order valence-electron chi connectivity index (χ1n) is 5.89. The zero-order valence-electron chi connectivity index (χ0n) is 10.8. The highest BCUT2D eigenvalue weighted by molar-refractivity contribution is 7.91. The third-order valence-electron chi connectivity index (χ3n) is 2.41. The molecule has 1 aromatic heterocycles. The van der Waals surface area contributed by atoms with Crippen LogP contribution in [0.25, 0.3) is 0 Å². The predicted molar refractivity (Wildman–Crippen MR) is 76.3 cm³/mol. The molecule has 0 bridgehead atoms. The van der Waals surface area contributed by atoms with E-state index < -0.39 is 10.0 Å². The SMILES string of the molecule is C=CCN(CCC)S(=O)(=O)c1cc(CNC)cs1. The minimum absolute atomic E-state index is 0.357. The van der Waals surface area contributed by atoms with Crippen molar-refractivity contribution in [2.24, 2.45) is 0 Å². The number of hydrogen-bond donors (Lipinski definition) is 1. The van der Waals surface area contributed by atoms with E-state index >= 15 is 0 Å². The lowest BCUT2D eigenvalue weighted by Crippen LogP contribution is -2.31. The molecule has 0 amide bonds. The summed E-state index contributed by atoms with van der Waals surface area (Å²) < 4.78 is 26.7. The first-order chi connectivity index (χ1) is 8.56. The average Bonchev–Trinajstić information content (AvgIpc) is 2.78. The Balaban J connectivity index is 2.97. The molecule has 0 spiro atoms. The van der Waals surface area contributed by atoms with E-state index in [0.717, 1.165) is 12.0 Å². The van der Waals surface area contributed by atoms with Crippen molar-refractivity contribution >= 4 is 21.4 Å². The second-order valence-corrected chi connectivity index (χ2v) is 7.03. The molecule has 0 aliphatic carbocycles. The van der Waals surface area contributed by atoms with E-state index in [1.807, 2.05) is 19.4 Å². The Kier molecular flexibility index (Phi) is 6.01. The molecule has 0 aromatic carbocycles. The summed E-state index contributed by atoms with van der Waals surface area (Å²) in [5, 5.41) is 4.89. The van der Waals surface area contributed by atoms with Gasteiger partial charge in [-0.3, -0.25) is 0 Å². The van der Waals surface area contributed by atoms with Gasteiger partial charge in [0.05, 0.1) is 0 Å². The first kappa shape index (κ1) is 15.4. The fraction of sp³-hybridized carbons (Fsp3) is 0.500. The van der Waals surface area contributed by atoms with Gasteiger partial charge in [-0.05, 0) is 30.5 Å². The lowest BCUT2D eigenvalue weighted by Gasteiger charge is -2.18. The van der Waals surface area contributed by atoms with E-state index in [4.69, 9.17) is 0 Å². The maximum absolute atomic E-state index is 12.4. The summed E-state index contributed by atoms with van der Waals surface area (Å²) in [5.74, 6) is 0. The fourth-order valence-corrected chi connectivity index (χ4v) is 4.48. The highest BCUT2D eigenvalue weighted by Crippen LogP contribution is 2.24. The van der Waals surface area contributed by atoms with Crippen molar-refractivity contribution in [1.29, 1.82) is 0 Å². The van der Waals surface area contributed by atoms with Crippen LogP contribution in [0.3, 0.4) is 0 Å². The zero-order chi connectivity index (χ0) is 13.6. The molecule has 1 rings (SSSR count). The molecule has 0 atom stereocenters. The van der Waals surface area contributed by atoms with Crippen molar-refractivity contribution in [2.45, 2.75) is 24.1 Å². The molecule has 102 valence electrons. The number of nitrogens with one attached hydrogen (secondary N) is 1. The summed E-state index contributed by atoms with van der Waals surface area (Å²) in [6.07, 6.45) is 2.41. The van der Waals surface area contributed by atoms with Crippen LogP contribution < -0.4 is 5.32 Å². The summed E-state index contributed by atoms with van der Waals surface area (Å²) in [7, 11) is -1.53. The molecule has 1 N–H and O–H groups in total. The van der Waals surface area contributed by atoms with E-state index in [-0.39, 0.29) is 0 Å². The van der Waals surface area contributed by atoms with Gasteiger partial charge in [-0.25, -0.2) is 8.42 Å². The molecular formula is C12H20N2O2S2. The van der Waals surface area contributed by atoms with Gasteiger partial charge in [-0.15, -0.1) is 17.9 Å². The van der Waals surface area contributed by atoms with Gasteiger partial charge < -0.3 is 5.32 Å². The summed E-state index contributed by atoms with van der Waals surface area (Å²) in [4.78, 5) is 0. The Morgan fingerprint density at radius 2 is 2.28 bits per heavy atom. The molecule has 0 unspecified atom stereocenters. The molecular weight excluding hydrogens is 268 g/mol. The molecule has 6 heteroatoms. The van der Waals surface area contributed by atoms with Crippen molar-refractivity contribution in [3.63, 3.8) is 0 Å². The van der Waals surface area contributed by atoms with Gasteiger partial charge in [0.1, 0.15) is 4.21 Å². The lowest BCUT2D eigenvalue weighted by molar-refractivity contribution is 0.443. The van der Waals surface area contributed by atoms with Gasteiger partial charge in [-0.2, -0.15) is 4.31 Å². The number of nitrogens with zero attached hydrogens (tertiary/aromatic N) is 1. The number of hydrogen-bond acceptors (Lipinski definition) is 4. The second kappa shape index (κ2) is 7.04. The molecule has 0 saturated carbocycles. The minimum Gasteiger partial charge on any atom is -0.316 e. The smallest absolute Gasteiger partial charge is 0.252 e. The highest BCUT2D eigenvalue weighted by atomic mass is 32.2. The summed E-state index contributed by atoms with van der Waals surface area (Å²) >= 11 is 1.27. The quantitative estimate of drug-likeness (QED) is 0.745. The van der Waals surface area contributed by atoms with E-state index in [0.29, 0.717) is 23.8 Å². The van der Waals surface area contributed by atoms with Crippen LogP contribution in [-0.2, 0) is 16.6 Å². The molecule has 0 fully saturated rings. The Labute approximate surface area is 113 Å². The topological polar surface area (TPSA) is 49.4 Å². The van der Waals surface area contributed by atoms with Crippen molar-refractivity contribution in [2.75, 3.05) is 20.1 Å². The van der Waals surface area contributed by atoms with Crippen LogP contribution in [0, 0.1) is 0 Å². The Morgan fingerprint density at radius 1 is 1.56 bits per heavy atom. The van der Waals surface area contributed by atoms with Crippen molar-refractivity contribution < 1.29 is 8.42 Å². The number of thiophene rings is 1. The maximum Gasteiger partial charge on any atom is 0.252 e. The van der Waals surface area contributed by atoms with Gasteiger partial charge in [0, 0.05) is 19.6 Å². The standard InChI is InChI=1S/C12H20N2O2S2/c1-4-6-14(7-5-2)18(15,16)12-8-11(9-13-3)10-17-12/h4,8,10,13H,1,5-7,9H2,2-3H3. The lowest BCUT2D eigenvalue weighted by atomic mass is 10.3. The van der Waals surface area contributed by atoms with E-state index in [1.165, 1.54) is 15.6 Å². The van der Waals surface area contributed by atoms with Gasteiger partial charge >= 0.3 is 0 Å². The zero-order valence-corrected chi connectivity index (χ0v) is 12.5. The van der Waals surface area contributed by atoms with Gasteiger partial charge in [0.2, 0.25) is 0 Å². The van der Waals surface area contributed by atoms with Crippen LogP contribution in [0.15, 0.2) is 28.3 Å². The van der Waals surface area contributed by atoms with E-state index in [2.05, 4.69) is 11.9 Å². The molecule has 1 heterocycles. The Morgan fingerprint density at radius 3 is 2.83 bits per heavy atom. The summed E-state index contributed by atoms with van der Waals surface area (Å²) in [6, 6.07) is 1.74. The molecule has 0 aliphatic heterocycles. The average molecular weight is 288 g/mol. The van der Waals surface area contributed by atoms with Crippen LogP contribution in [-0.4, -0.2) is 32.9 Å². The Hall–Kier alpha value is -0.690. The van der Waals surface area contributed by atoms with Gasteiger partial charge in [-0.1, -0.05) is 13.0 Å². The number of sulfonamides is 1.